The van der Waals surface area contributed by atoms with E-state index in [1.165, 1.54) is 58.7 Å². The standard InChI is InChI=1S/C101H112N8O5/c1-92(2,3)54-35-50(36-55(43-54)93(4,5)6)76-66-29-30-67(102-66)77(51-37-56(94(7,8)9)44-57(38-51)95(10,11)12)69-32-34-71(104-69)79(53-41-60(98(19,20)21)46-61(42-53)99(22,23)24)87-89-88(86(109-87)78(70-33-31-68(76)103-70)52-39-58(96(13,14)15)45-59(40-52)97(16,17)18)107-74-48-72-73(49-75(74)108-89)106-85-63-28-27-62(84(85)105-72)80-64-47-65(81(63)80)83-82(64)100(90(110)112-25)101(83,114-100)91(111)113-26/h27-46,48-49,62-65,80-83,102,109H,47H2,1-26H3/t62-,63+,64+,65-,80?,81?,82?,83?,100?,101?. The topological polar surface area (TPSA) is 174 Å². The number of rotatable bonds is 6. The molecule has 2 N–H and O–H groups in total. The molecule has 0 amide bonds. The lowest BCUT2D eigenvalue weighted by atomic mass is 9.44. The number of epoxide rings is 1. The number of H-pyrrole nitrogens is 2. The molecule has 10 aromatic rings. The zero-order chi connectivity index (χ0) is 81.3. The fourth-order valence-corrected chi connectivity index (χ4v) is 20.7. The molecule has 3 saturated carbocycles. The van der Waals surface area contributed by atoms with E-state index in [9.17, 15) is 9.59 Å². The summed E-state index contributed by atoms with van der Waals surface area (Å²) in [6.45, 7) is 55.4. The number of methoxy groups -OCH3 is 2. The van der Waals surface area contributed by atoms with Gasteiger partial charge >= 0.3 is 11.9 Å². The second-order valence-electron chi connectivity index (χ2n) is 42.8. The Labute approximate surface area is 672 Å². The Bertz CT molecular complexity index is 5680. The van der Waals surface area contributed by atoms with Crippen LogP contribution in [0.5, 0.6) is 0 Å². The number of hydrogen-bond donors (Lipinski definition) is 2. The normalized spacial score (nSPS) is 23.5. The molecule has 5 aromatic carbocycles. The number of nitrogens with one attached hydrogen (secondary N) is 2. The molecule has 13 nitrogen and oxygen atoms in total. The van der Waals surface area contributed by atoms with Gasteiger partial charge in [0.2, 0.25) is 11.2 Å². The molecule has 8 heterocycles. The van der Waals surface area contributed by atoms with Crippen molar-refractivity contribution in [2.24, 2.45) is 35.5 Å². The van der Waals surface area contributed by atoms with Gasteiger partial charge in [-0.2, -0.15) is 0 Å². The van der Waals surface area contributed by atoms with Crippen LogP contribution in [-0.4, -0.2) is 77.2 Å². The van der Waals surface area contributed by atoms with Gasteiger partial charge in [0.1, 0.15) is 11.0 Å². The summed E-state index contributed by atoms with van der Waals surface area (Å²) in [5, 5.41) is 0. The molecule has 6 aliphatic carbocycles. The van der Waals surface area contributed by atoms with Gasteiger partial charge in [0.25, 0.3) is 0 Å². The van der Waals surface area contributed by atoms with Gasteiger partial charge in [-0.1, -0.05) is 251 Å². The van der Waals surface area contributed by atoms with Crippen molar-refractivity contribution in [1.29, 1.82) is 0 Å². The van der Waals surface area contributed by atoms with Crippen molar-refractivity contribution in [3.05, 3.63) is 188 Å². The number of benzene rings is 5. The number of carbonyl (C=O) groups is 2. The summed E-state index contributed by atoms with van der Waals surface area (Å²) in [7, 11) is 2.77. The molecule has 13 heteroatoms. The van der Waals surface area contributed by atoms with E-state index in [4.69, 9.17) is 44.1 Å². The second-order valence-corrected chi connectivity index (χ2v) is 42.8. The monoisotopic (exact) mass is 1520 g/mol. The molecule has 1 saturated heterocycles. The first-order valence-electron chi connectivity index (χ1n) is 41.4. The van der Waals surface area contributed by atoms with Gasteiger partial charge in [-0.3, -0.25) is 0 Å². The van der Waals surface area contributed by atoms with Gasteiger partial charge in [0.15, 0.2) is 0 Å². The number of ether oxygens (including phenoxy) is 3. The van der Waals surface area contributed by atoms with Crippen molar-refractivity contribution in [3.8, 4) is 44.5 Å². The quantitative estimate of drug-likeness (QED) is 0.0702. The summed E-state index contributed by atoms with van der Waals surface area (Å²) < 4.78 is 17.4. The smallest absolute Gasteiger partial charge is 0.342 e. The van der Waals surface area contributed by atoms with Crippen molar-refractivity contribution in [2.45, 2.75) is 239 Å². The van der Waals surface area contributed by atoms with E-state index >= 15 is 0 Å². The number of esters is 2. The molecule has 5 aromatic heterocycles. The summed E-state index contributed by atoms with van der Waals surface area (Å²) in [6.07, 6.45) is 14.5. The molecule has 19 rings (SSSR count). The van der Waals surface area contributed by atoms with E-state index in [0.29, 0.717) is 22.1 Å². The number of allylic oxidation sites excluding steroid dienone is 2. The Hall–Kier alpha value is -9.72. The summed E-state index contributed by atoms with van der Waals surface area (Å²) in [5.41, 5.74) is 26.0. The van der Waals surface area contributed by atoms with E-state index in [1.807, 2.05) is 0 Å². The third-order valence-electron chi connectivity index (χ3n) is 27.1. The minimum Gasteiger partial charge on any atom is -0.467 e. The van der Waals surface area contributed by atoms with Gasteiger partial charge < -0.3 is 24.2 Å². The fraction of sp³-hybridized carbons (Fsp3) is 0.446. The highest BCUT2D eigenvalue weighted by Crippen LogP contribution is 2.85. The van der Waals surface area contributed by atoms with Crippen LogP contribution >= 0.6 is 0 Å². The number of carbonyl (C=O) groups excluding carboxylic acids is 2. The number of aromatic nitrogens is 8. The molecule has 10 atom stereocenters. The highest BCUT2D eigenvalue weighted by Gasteiger charge is 3.00. The van der Waals surface area contributed by atoms with E-state index in [2.05, 4.69) is 310 Å². The second kappa shape index (κ2) is 24.4. The highest BCUT2D eigenvalue weighted by molar-refractivity contribution is 6.16. The van der Waals surface area contributed by atoms with Crippen LogP contribution in [0.4, 0.5) is 0 Å². The fourth-order valence-electron chi connectivity index (χ4n) is 20.7. The van der Waals surface area contributed by atoms with Crippen molar-refractivity contribution < 1.29 is 23.8 Å². The molecule has 3 aliphatic heterocycles. The molecule has 4 fully saturated rings. The zero-order valence-electron chi connectivity index (χ0n) is 71.8. The molecule has 6 unspecified atom stereocenters. The molecule has 9 aliphatic rings. The first-order valence-corrected chi connectivity index (χ1v) is 41.4. The van der Waals surface area contributed by atoms with Crippen molar-refractivity contribution in [3.63, 3.8) is 0 Å². The predicted molar refractivity (Wildman–Crippen MR) is 465 cm³/mol. The molecular weight excluding hydrogens is 1410 g/mol. The number of hydrogen-bond acceptors (Lipinski definition) is 11. The first kappa shape index (κ1) is 75.6. The zero-order valence-corrected chi connectivity index (χ0v) is 71.8. The van der Waals surface area contributed by atoms with Gasteiger partial charge in [0, 0.05) is 57.0 Å². The lowest BCUT2D eigenvalue weighted by Gasteiger charge is -2.56. The molecular formula is C101H112N8O5. The van der Waals surface area contributed by atoms with Crippen molar-refractivity contribution in [1.82, 2.24) is 39.9 Å². The molecule has 12 bridgehead atoms. The van der Waals surface area contributed by atoms with Gasteiger partial charge in [-0.15, -0.1) is 0 Å². The van der Waals surface area contributed by atoms with Crippen LogP contribution in [0.2, 0.25) is 0 Å². The maximum Gasteiger partial charge on any atom is 0.342 e. The Morgan fingerprint density at radius 1 is 0.360 bits per heavy atom. The van der Waals surface area contributed by atoms with Gasteiger partial charge in [-0.25, -0.2) is 39.5 Å². The first-order chi connectivity index (χ1) is 53.2. The minimum atomic E-state index is -1.33. The Kier molecular flexibility index (Phi) is 16.2. The van der Waals surface area contributed by atoms with Crippen LogP contribution in [-0.2, 0) is 67.1 Å². The third kappa shape index (κ3) is 11.4. The van der Waals surface area contributed by atoms with Crippen LogP contribution in [0, 0.1) is 35.5 Å². The third-order valence-corrected chi connectivity index (χ3v) is 27.1. The summed E-state index contributed by atoms with van der Waals surface area (Å²) in [5.74, 6) is -0.812. The maximum absolute atomic E-state index is 13.9. The molecule has 114 heavy (non-hydrogen) atoms. The summed E-state index contributed by atoms with van der Waals surface area (Å²) in [6, 6.07) is 37.5. The Balaban J connectivity index is 1.00. The van der Waals surface area contributed by atoms with Crippen LogP contribution < -0.4 is 0 Å². The van der Waals surface area contributed by atoms with Crippen LogP contribution in [0.1, 0.15) is 263 Å². The average molecular weight is 1520 g/mol. The molecule has 0 radical (unpaired) electrons. The largest absolute Gasteiger partial charge is 0.467 e. The molecule has 586 valence electrons. The average Bonchev–Trinajstić information content (AvgIpc) is 1.42. The number of nitrogens with zero attached hydrogens (tertiary/aromatic N) is 6. The van der Waals surface area contributed by atoms with Crippen LogP contribution in [0.3, 0.4) is 0 Å². The van der Waals surface area contributed by atoms with Crippen LogP contribution in [0.15, 0.2) is 109 Å². The summed E-state index contributed by atoms with van der Waals surface area (Å²) in [4.78, 5) is 72.1. The van der Waals surface area contributed by atoms with E-state index in [0.717, 1.165) is 118 Å². The lowest BCUT2D eigenvalue weighted by Crippen LogP contribution is -2.68. The van der Waals surface area contributed by atoms with E-state index in [1.54, 1.807) is 0 Å². The SMILES string of the molecule is COC(=O)C12OC1(C(=O)OC)C1C2[C@@H]2C[C@H]1C1C2[C@@H]2C=C[C@H]1c1nc3cc4nc5c6[nH]c(c(-c7cc(C(C)(C)C)cc(C(C)(C)C)c7)c7nc(c(-c8cc(C(C)(C)C)cc(C(C)(C)C)c8)c8ccc([nH]8)c(-c8cc(C(C)(C)C)cc(C(C)(C)C)c8)c8nc(c6-c6cc(C(C)(C)C)cc(C(C)(C)C)c6)C=C8)C=C7)c5nc4cc3nc12. The van der Waals surface area contributed by atoms with E-state index < -0.39 is 23.1 Å². The lowest BCUT2D eigenvalue weighted by molar-refractivity contribution is -0.168. The van der Waals surface area contributed by atoms with Gasteiger partial charge in [0.05, 0.1) is 81.5 Å². The van der Waals surface area contributed by atoms with Gasteiger partial charge in [-0.05, 0) is 189 Å². The van der Waals surface area contributed by atoms with E-state index in [-0.39, 0.29) is 90.7 Å². The van der Waals surface area contributed by atoms with Crippen molar-refractivity contribution >= 4 is 91.4 Å². The Morgan fingerprint density at radius 2 is 0.632 bits per heavy atom. The number of aromatic amines is 2. The number of fused-ring (bicyclic) bond motifs is 21. The predicted octanol–water partition coefficient (Wildman–Crippen LogP) is 23.5. The maximum atomic E-state index is 13.9. The highest BCUT2D eigenvalue weighted by atomic mass is 16.7. The molecule has 0 spiro atoms. The Morgan fingerprint density at radius 3 is 0.912 bits per heavy atom. The minimum absolute atomic E-state index is 0.0593. The van der Waals surface area contributed by atoms with Crippen molar-refractivity contribution in [2.75, 3.05) is 14.2 Å². The summed E-state index contributed by atoms with van der Waals surface area (Å²) >= 11 is 0. The van der Waals surface area contributed by atoms with Crippen LogP contribution in [0.25, 0.3) is 124 Å².